The number of nitrogens with one attached hydrogen (secondary N) is 2. The van der Waals surface area contributed by atoms with Gasteiger partial charge in [-0.05, 0) is 36.8 Å². The first-order chi connectivity index (χ1) is 9.29. The van der Waals surface area contributed by atoms with Crippen molar-refractivity contribution in [1.29, 1.82) is 0 Å². The van der Waals surface area contributed by atoms with Crippen LogP contribution >= 0.6 is 0 Å². The number of hydrogen-bond donors (Lipinski definition) is 2. The van der Waals surface area contributed by atoms with Gasteiger partial charge < -0.3 is 10.6 Å². The van der Waals surface area contributed by atoms with Gasteiger partial charge in [0.2, 0.25) is 0 Å². The molecule has 0 aliphatic heterocycles. The van der Waals surface area contributed by atoms with Crippen LogP contribution in [-0.2, 0) is 6.54 Å². The van der Waals surface area contributed by atoms with Crippen LogP contribution in [0.2, 0.25) is 0 Å². The molecule has 0 aromatic carbocycles. The van der Waals surface area contributed by atoms with Crippen molar-refractivity contribution in [3.63, 3.8) is 0 Å². The molecule has 0 aliphatic rings. The summed E-state index contributed by atoms with van der Waals surface area (Å²) in [5, 5.41) is 5.94. The predicted octanol–water partition coefficient (Wildman–Crippen LogP) is 1.84. The Labute approximate surface area is 112 Å². The Hall–Kier alpha value is -2.43. The van der Waals surface area contributed by atoms with Crippen LogP contribution in [0.3, 0.4) is 0 Å². The van der Waals surface area contributed by atoms with Gasteiger partial charge in [0.15, 0.2) is 0 Å². The van der Waals surface area contributed by atoms with Crippen LogP contribution in [0, 0.1) is 0 Å². The van der Waals surface area contributed by atoms with Gasteiger partial charge >= 0.3 is 0 Å². The lowest BCUT2D eigenvalue weighted by Crippen LogP contribution is -2.23. The van der Waals surface area contributed by atoms with E-state index < -0.39 is 0 Å². The van der Waals surface area contributed by atoms with Gasteiger partial charge in [0.05, 0.1) is 0 Å². The lowest BCUT2D eigenvalue weighted by atomic mass is 10.2. The molecule has 0 saturated heterocycles. The number of nitrogens with zero attached hydrogens (tertiary/aromatic N) is 2. The summed E-state index contributed by atoms with van der Waals surface area (Å²) in [6, 6.07) is 7.18. The number of aromatic nitrogens is 2. The van der Waals surface area contributed by atoms with Gasteiger partial charge in [-0.2, -0.15) is 0 Å². The quantitative estimate of drug-likeness (QED) is 0.856. The van der Waals surface area contributed by atoms with E-state index in [4.69, 9.17) is 0 Å². The largest absolute Gasteiger partial charge is 0.370 e. The number of carbonyl (C=O) groups excluding carboxylic acids is 1. The molecule has 0 spiro atoms. The van der Waals surface area contributed by atoms with E-state index in [1.54, 1.807) is 30.7 Å². The number of carbonyl (C=O) groups is 1. The molecule has 0 unspecified atom stereocenters. The highest BCUT2D eigenvalue weighted by Gasteiger charge is 2.06. The molecule has 1 amide bonds. The smallest absolute Gasteiger partial charge is 0.251 e. The Bertz CT molecular complexity index is 542. The van der Waals surface area contributed by atoms with Crippen LogP contribution < -0.4 is 10.6 Å². The van der Waals surface area contributed by atoms with E-state index in [9.17, 15) is 4.79 Å². The Kier molecular flexibility index (Phi) is 4.44. The molecule has 0 bridgehead atoms. The fourth-order valence-electron chi connectivity index (χ4n) is 1.63. The van der Waals surface area contributed by atoms with Crippen LogP contribution in [0.5, 0.6) is 0 Å². The molecule has 19 heavy (non-hydrogen) atoms. The average Bonchev–Trinajstić information content (AvgIpc) is 2.46. The van der Waals surface area contributed by atoms with Crippen LogP contribution in [0.1, 0.15) is 22.8 Å². The summed E-state index contributed by atoms with van der Waals surface area (Å²) in [6.07, 6.45) is 5.04. The predicted molar refractivity (Wildman–Crippen MR) is 73.8 cm³/mol. The monoisotopic (exact) mass is 256 g/mol. The van der Waals surface area contributed by atoms with Crippen LogP contribution in [0.4, 0.5) is 5.82 Å². The third-order valence-electron chi connectivity index (χ3n) is 2.58. The molecule has 0 saturated carbocycles. The summed E-state index contributed by atoms with van der Waals surface area (Å²) >= 11 is 0. The first-order valence-electron chi connectivity index (χ1n) is 6.16. The van der Waals surface area contributed by atoms with E-state index in [0.717, 1.165) is 12.1 Å². The number of hydrogen-bond acceptors (Lipinski definition) is 4. The Balaban J connectivity index is 1.98. The first-order valence-corrected chi connectivity index (χ1v) is 6.16. The average molecular weight is 256 g/mol. The minimum atomic E-state index is -0.113. The van der Waals surface area contributed by atoms with Gasteiger partial charge in [-0.25, -0.2) is 4.98 Å². The van der Waals surface area contributed by atoms with Crippen molar-refractivity contribution < 1.29 is 4.79 Å². The number of pyridine rings is 2. The Morgan fingerprint density at radius 3 is 2.74 bits per heavy atom. The second-order valence-electron chi connectivity index (χ2n) is 4.00. The fourth-order valence-corrected chi connectivity index (χ4v) is 1.63. The second-order valence-corrected chi connectivity index (χ2v) is 4.00. The van der Waals surface area contributed by atoms with E-state index in [1.165, 1.54) is 0 Å². The molecular weight excluding hydrogens is 240 g/mol. The molecule has 2 N–H and O–H groups in total. The molecule has 2 rings (SSSR count). The van der Waals surface area contributed by atoms with Crippen LogP contribution in [0.25, 0.3) is 0 Å². The highest BCUT2D eigenvalue weighted by Crippen LogP contribution is 2.06. The zero-order chi connectivity index (χ0) is 13.5. The van der Waals surface area contributed by atoms with Crippen molar-refractivity contribution >= 4 is 11.7 Å². The Morgan fingerprint density at radius 1 is 1.21 bits per heavy atom. The minimum Gasteiger partial charge on any atom is -0.370 e. The molecule has 0 radical (unpaired) electrons. The summed E-state index contributed by atoms with van der Waals surface area (Å²) in [4.78, 5) is 20.1. The summed E-state index contributed by atoms with van der Waals surface area (Å²) in [6.45, 7) is 3.24. The maximum Gasteiger partial charge on any atom is 0.251 e. The third-order valence-corrected chi connectivity index (χ3v) is 2.58. The number of amides is 1. The molecule has 2 aromatic heterocycles. The van der Waals surface area contributed by atoms with Crippen molar-refractivity contribution in [3.05, 3.63) is 54.0 Å². The van der Waals surface area contributed by atoms with E-state index >= 15 is 0 Å². The summed E-state index contributed by atoms with van der Waals surface area (Å²) < 4.78 is 0. The molecule has 0 atom stereocenters. The van der Waals surface area contributed by atoms with E-state index in [1.807, 2.05) is 19.1 Å². The normalized spacial score (nSPS) is 9.95. The summed E-state index contributed by atoms with van der Waals surface area (Å²) in [5.74, 6) is 0.595. The van der Waals surface area contributed by atoms with Gasteiger partial charge in [0.1, 0.15) is 5.82 Å². The molecular formula is C14H16N4O. The van der Waals surface area contributed by atoms with Gasteiger partial charge in [0.25, 0.3) is 5.91 Å². The zero-order valence-corrected chi connectivity index (χ0v) is 10.8. The van der Waals surface area contributed by atoms with E-state index in [2.05, 4.69) is 20.6 Å². The van der Waals surface area contributed by atoms with Gasteiger partial charge in [-0.15, -0.1) is 0 Å². The SMILES string of the molecule is CCNc1cc(C(=O)NCc2ccncc2)ccn1. The number of anilines is 1. The maximum atomic E-state index is 12.0. The molecule has 5 heteroatoms. The highest BCUT2D eigenvalue weighted by atomic mass is 16.1. The lowest BCUT2D eigenvalue weighted by Gasteiger charge is -2.07. The zero-order valence-electron chi connectivity index (χ0n) is 10.8. The fraction of sp³-hybridized carbons (Fsp3) is 0.214. The van der Waals surface area contributed by atoms with Crippen LogP contribution in [0.15, 0.2) is 42.9 Å². The molecule has 0 fully saturated rings. The van der Waals surface area contributed by atoms with E-state index in [-0.39, 0.29) is 5.91 Å². The molecule has 2 heterocycles. The third kappa shape index (κ3) is 3.77. The maximum absolute atomic E-state index is 12.0. The molecule has 5 nitrogen and oxygen atoms in total. The topological polar surface area (TPSA) is 66.9 Å². The van der Waals surface area contributed by atoms with Gasteiger partial charge in [0, 0.05) is 37.2 Å². The van der Waals surface area contributed by atoms with Crippen molar-refractivity contribution in [2.45, 2.75) is 13.5 Å². The van der Waals surface area contributed by atoms with Gasteiger partial charge in [-0.1, -0.05) is 0 Å². The van der Waals surface area contributed by atoms with Crippen molar-refractivity contribution in [2.24, 2.45) is 0 Å². The van der Waals surface area contributed by atoms with Crippen molar-refractivity contribution in [2.75, 3.05) is 11.9 Å². The minimum absolute atomic E-state index is 0.113. The van der Waals surface area contributed by atoms with Crippen molar-refractivity contribution in [1.82, 2.24) is 15.3 Å². The summed E-state index contributed by atoms with van der Waals surface area (Å²) in [7, 11) is 0. The molecule has 0 aliphatic carbocycles. The van der Waals surface area contributed by atoms with Gasteiger partial charge in [-0.3, -0.25) is 9.78 Å². The van der Waals surface area contributed by atoms with E-state index in [0.29, 0.717) is 17.9 Å². The molecule has 2 aromatic rings. The Morgan fingerprint density at radius 2 is 2.00 bits per heavy atom. The highest BCUT2D eigenvalue weighted by molar-refractivity contribution is 5.94. The van der Waals surface area contributed by atoms with Crippen LogP contribution in [-0.4, -0.2) is 22.4 Å². The standard InChI is InChI=1S/C14H16N4O/c1-2-16-13-9-12(5-8-17-13)14(19)18-10-11-3-6-15-7-4-11/h3-9H,2,10H2,1H3,(H,16,17)(H,18,19). The lowest BCUT2D eigenvalue weighted by molar-refractivity contribution is 0.0951. The summed E-state index contributed by atoms with van der Waals surface area (Å²) in [5.41, 5.74) is 1.62. The first kappa shape index (κ1) is 13.0. The molecule has 98 valence electrons. The second kappa shape index (κ2) is 6.49. The van der Waals surface area contributed by atoms with Crippen molar-refractivity contribution in [3.8, 4) is 0 Å². The number of rotatable bonds is 5.